The second kappa shape index (κ2) is 10.4. The second-order valence-corrected chi connectivity index (χ2v) is 6.98. The smallest absolute Gasteiger partial charge is 0.332 e. The number of hydrogen-bond acceptors (Lipinski definition) is 6. The number of aromatic nitrogens is 2. The largest absolute Gasteiger partial charge is 0.493 e. The van der Waals surface area contributed by atoms with Crippen LogP contribution >= 0.6 is 12.4 Å². The molecule has 0 amide bonds. The van der Waals surface area contributed by atoms with Crippen molar-refractivity contribution in [2.24, 2.45) is 14.1 Å². The number of nitrogens with zero attached hydrogens (tertiary/aromatic N) is 2. The Morgan fingerprint density at radius 3 is 2.76 bits per heavy atom. The third kappa shape index (κ3) is 5.33. The average Bonchev–Trinajstić information content (AvgIpc) is 2.71. The zero-order chi connectivity index (χ0) is 20.1. The molecule has 0 bridgehead atoms. The fourth-order valence-corrected chi connectivity index (χ4v) is 3.33. The van der Waals surface area contributed by atoms with E-state index >= 15 is 0 Å². The molecule has 1 aromatic heterocycles. The van der Waals surface area contributed by atoms with Gasteiger partial charge in [0.15, 0.2) is 11.5 Å². The first-order chi connectivity index (χ1) is 13.5. The molecule has 0 aliphatic carbocycles. The van der Waals surface area contributed by atoms with Gasteiger partial charge in [-0.05, 0) is 37.4 Å². The van der Waals surface area contributed by atoms with E-state index in [1.54, 1.807) is 14.2 Å². The number of fused-ring (bicyclic) bond motifs is 1. The van der Waals surface area contributed by atoms with Crippen LogP contribution in [0.15, 0.2) is 33.9 Å². The highest BCUT2D eigenvalue weighted by Crippen LogP contribution is 2.36. The van der Waals surface area contributed by atoms with Gasteiger partial charge < -0.3 is 20.1 Å². The van der Waals surface area contributed by atoms with E-state index in [4.69, 9.17) is 9.47 Å². The third-order valence-electron chi connectivity index (χ3n) is 5.03. The molecule has 1 unspecified atom stereocenters. The Bertz CT molecular complexity index is 927. The fourth-order valence-electron chi connectivity index (χ4n) is 3.33. The molecule has 29 heavy (non-hydrogen) atoms. The fraction of sp³-hybridized carbons (Fsp3) is 0.500. The monoisotopic (exact) mass is 424 g/mol. The van der Waals surface area contributed by atoms with Gasteiger partial charge in [-0.2, -0.15) is 0 Å². The number of nitrogens with one attached hydrogen (secondary N) is 2. The molecule has 2 aromatic rings. The number of para-hydroxylation sites is 1. The number of ether oxygens (including phenoxy) is 2. The molecule has 0 spiro atoms. The summed E-state index contributed by atoms with van der Waals surface area (Å²) in [7, 11) is 4.78. The molecule has 0 saturated heterocycles. The molecule has 2 heterocycles. The Hall–Kier alpha value is -2.45. The minimum atomic E-state index is -0.335. The molecule has 1 aliphatic rings. The predicted molar refractivity (Wildman–Crippen MR) is 116 cm³/mol. The molecule has 1 aromatic carbocycles. The predicted octanol–water partition coefficient (Wildman–Crippen LogP) is 1.30. The molecule has 9 heteroatoms. The molecule has 0 saturated carbocycles. The SMILES string of the molecule is COc1cccc2c1OC(CNCCCNc1cc(=O)n(C)c(=O)n1C)CC2.Cl. The molecule has 160 valence electrons. The Labute approximate surface area is 176 Å². The summed E-state index contributed by atoms with van der Waals surface area (Å²) in [5.41, 5.74) is 0.548. The summed E-state index contributed by atoms with van der Waals surface area (Å²) in [5, 5.41) is 6.57. The van der Waals surface area contributed by atoms with Crippen molar-refractivity contribution < 1.29 is 9.47 Å². The number of aryl methyl sites for hydroxylation is 1. The molecular formula is C20H29ClN4O4. The van der Waals surface area contributed by atoms with Crippen molar-refractivity contribution in [3.63, 3.8) is 0 Å². The standard InChI is InChI=1S/C20H28N4O4.ClH/c1-23-17(12-18(25)24(2)20(23)26)22-11-5-10-21-13-15-9-8-14-6-4-7-16(27-3)19(14)28-15;/h4,6-7,12,15,21-22H,5,8-11,13H2,1-3H3;1H. The Morgan fingerprint density at radius 2 is 2.00 bits per heavy atom. The minimum Gasteiger partial charge on any atom is -0.493 e. The molecule has 3 rings (SSSR count). The highest BCUT2D eigenvalue weighted by molar-refractivity contribution is 5.85. The summed E-state index contributed by atoms with van der Waals surface area (Å²) >= 11 is 0. The number of benzene rings is 1. The van der Waals surface area contributed by atoms with Crippen LogP contribution in [0, 0.1) is 0 Å². The number of hydrogen-bond donors (Lipinski definition) is 2. The summed E-state index contributed by atoms with van der Waals surface area (Å²) in [6, 6.07) is 7.43. The van der Waals surface area contributed by atoms with Crippen molar-refractivity contribution in [1.29, 1.82) is 0 Å². The van der Waals surface area contributed by atoms with Crippen molar-refractivity contribution in [2.75, 3.05) is 32.1 Å². The van der Waals surface area contributed by atoms with Crippen LogP contribution in [-0.4, -0.2) is 42.0 Å². The van der Waals surface area contributed by atoms with Gasteiger partial charge in [0.05, 0.1) is 7.11 Å². The van der Waals surface area contributed by atoms with Crippen LogP contribution in [-0.2, 0) is 20.5 Å². The van der Waals surface area contributed by atoms with Gasteiger partial charge in [-0.1, -0.05) is 12.1 Å². The first-order valence-electron chi connectivity index (χ1n) is 9.55. The first-order valence-corrected chi connectivity index (χ1v) is 9.55. The lowest BCUT2D eigenvalue weighted by Crippen LogP contribution is -2.37. The van der Waals surface area contributed by atoms with Gasteiger partial charge in [-0.3, -0.25) is 13.9 Å². The summed E-state index contributed by atoms with van der Waals surface area (Å²) in [5.74, 6) is 2.18. The Balaban J connectivity index is 0.00000300. The highest BCUT2D eigenvalue weighted by atomic mass is 35.5. The van der Waals surface area contributed by atoms with E-state index in [1.807, 2.05) is 12.1 Å². The zero-order valence-electron chi connectivity index (χ0n) is 17.1. The van der Waals surface area contributed by atoms with E-state index in [9.17, 15) is 9.59 Å². The topological polar surface area (TPSA) is 86.5 Å². The van der Waals surface area contributed by atoms with Crippen molar-refractivity contribution in [2.45, 2.75) is 25.4 Å². The molecule has 1 aliphatic heterocycles. The third-order valence-corrected chi connectivity index (χ3v) is 5.03. The van der Waals surface area contributed by atoms with Gasteiger partial charge in [0.25, 0.3) is 5.56 Å². The summed E-state index contributed by atoms with van der Waals surface area (Å²) < 4.78 is 14.0. The van der Waals surface area contributed by atoms with E-state index in [0.29, 0.717) is 12.4 Å². The summed E-state index contributed by atoms with van der Waals surface area (Å²) in [4.78, 5) is 23.6. The lowest BCUT2D eigenvalue weighted by molar-refractivity contribution is 0.163. The zero-order valence-corrected chi connectivity index (χ0v) is 17.9. The summed E-state index contributed by atoms with van der Waals surface area (Å²) in [6.45, 7) is 2.24. The summed E-state index contributed by atoms with van der Waals surface area (Å²) in [6.07, 6.45) is 2.93. The molecule has 0 fully saturated rings. The van der Waals surface area contributed by atoms with E-state index in [0.717, 1.165) is 48.4 Å². The van der Waals surface area contributed by atoms with Crippen LogP contribution in [0.4, 0.5) is 5.82 Å². The van der Waals surface area contributed by atoms with Crippen LogP contribution in [0.2, 0.25) is 0 Å². The van der Waals surface area contributed by atoms with Crippen LogP contribution in [0.25, 0.3) is 0 Å². The maximum Gasteiger partial charge on any atom is 0.332 e. The van der Waals surface area contributed by atoms with Gasteiger partial charge in [-0.25, -0.2) is 4.79 Å². The average molecular weight is 425 g/mol. The second-order valence-electron chi connectivity index (χ2n) is 6.98. The van der Waals surface area contributed by atoms with Gasteiger partial charge in [0.2, 0.25) is 0 Å². The Morgan fingerprint density at radius 1 is 1.21 bits per heavy atom. The normalized spacial score (nSPS) is 15.1. The first kappa shape index (κ1) is 22.8. The van der Waals surface area contributed by atoms with Gasteiger partial charge >= 0.3 is 5.69 Å². The lowest BCUT2D eigenvalue weighted by Gasteiger charge is -2.27. The Kier molecular flexibility index (Phi) is 8.16. The molecular weight excluding hydrogens is 396 g/mol. The number of anilines is 1. The van der Waals surface area contributed by atoms with Gasteiger partial charge in [-0.15, -0.1) is 12.4 Å². The maximum atomic E-state index is 11.9. The lowest BCUT2D eigenvalue weighted by atomic mass is 10.0. The number of halogens is 1. The van der Waals surface area contributed by atoms with Crippen molar-refractivity contribution >= 4 is 18.2 Å². The van der Waals surface area contributed by atoms with E-state index < -0.39 is 0 Å². The van der Waals surface area contributed by atoms with Crippen LogP contribution in [0.3, 0.4) is 0 Å². The quantitative estimate of drug-likeness (QED) is 0.621. The highest BCUT2D eigenvalue weighted by Gasteiger charge is 2.22. The van der Waals surface area contributed by atoms with E-state index in [1.165, 1.54) is 23.2 Å². The number of rotatable bonds is 8. The van der Waals surface area contributed by atoms with Crippen molar-refractivity contribution in [3.8, 4) is 11.5 Å². The molecule has 0 radical (unpaired) electrons. The van der Waals surface area contributed by atoms with Crippen LogP contribution in [0.5, 0.6) is 11.5 Å². The van der Waals surface area contributed by atoms with E-state index in [2.05, 4.69) is 16.7 Å². The van der Waals surface area contributed by atoms with Gasteiger partial charge in [0.1, 0.15) is 11.9 Å². The minimum absolute atomic E-state index is 0. The van der Waals surface area contributed by atoms with Crippen molar-refractivity contribution in [1.82, 2.24) is 14.5 Å². The molecule has 2 N–H and O–H groups in total. The van der Waals surface area contributed by atoms with Gasteiger partial charge in [0, 0.05) is 33.3 Å². The number of methoxy groups -OCH3 is 1. The van der Waals surface area contributed by atoms with Crippen LogP contribution < -0.4 is 31.4 Å². The molecule has 1 atom stereocenters. The maximum absolute atomic E-state index is 11.9. The molecule has 8 nitrogen and oxygen atoms in total. The van der Waals surface area contributed by atoms with Crippen molar-refractivity contribution in [3.05, 3.63) is 50.7 Å². The van der Waals surface area contributed by atoms with Crippen LogP contribution in [0.1, 0.15) is 18.4 Å². The van der Waals surface area contributed by atoms with E-state index in [-0.39, 0.29) is 29.8 Å².